The lowest BCUT2D eigenvalue weighted by atomic mass is 10.0. The summed E-state index contributed by atoms with van der Waals surface area (Å²) in [6, 6.07) is 4.10. The number of aryl methyl sites for hydroxylation is 1. The number of benzene rings is 1. The first-order chi connectivity index (χ1) is 6.32. The van der Waals surface area contributed by atoms with Crippen LogP contribution in [-0.4, -0.2) is 11.7 Å². The molecule has 1 rings (SSSR count). The first-order valence-corrected chi connectivity index (χ1v) is 4.39. The van der Waals surface area contributed by atoms with Crippen LogP contribution in [0.3, 0.4) is 0 Å². The summed E-state index contributed by atoms with van der Waals surface area (Å²) >= 11 is 5.70. The van der Waals surface area contributed by atoms with Crippen molar-refractivity contribution in [1.29, 1.82) is 0 Å². The number of rotatable bonds is 2. The van der Waals surface area contributed by atoms with Crippen LogP contribution in [0.1, 0.15) is 22.8 Å². The highest BCUT2D eigenvalue weighted by molar-refractivity contribution is 6.31. The molecule has 0 unspecified atom stereocenters. The standard InChI is InChI=1S/C10H9ClF2O/c1-6-5-7(3-4-8(6)11)9(14)10(2,12)13/h3-5H,1-2H3. The van der Waals surface area contributed by atoms with Crippen LogP contribution >= 0.6 is 11.6 Å². The Bertz CT molecular complexity index is 369. The molecular formula is C10H9ClF2O. The van der Waals surface area contributed by atoms with E-state index in [0.29, 0.717) is 17.5 Å². The summed E-state index contributed by atoms with van der Waals surface area (Å²) in [4.78, 5) is 11.1. The monoisotopic (exact) mass is 218 g/mol. The Morgan fingerprint density at radius 2 is 2.00 bits per heavy atom. The zero-order valence-corrected chi connectivity index (χ0v) is 8.53. The van der Waals surface area contributed by atoms with Gasteiger partial charge in [0, 0.05) is 17.5 Å². The molecule has 0 bridgehead atoms. The van der Waals surface area contributed by atoms with Gasteiger partial charge in [0.2, 0.25) is 5.78 Å². The molecule has 0 aliphatic rings. The number of alkyl halides is 2. The molecule has 1 aromatic carbocycles. The van der Waals surface area contributed by atoms with E-state index in [0.717, 1.165) is 0 Å². The third kappa shape index (κ3) is 2.29. The number of carbonyl (C=O) groups is 1. The minimum absolute atomic E-state index is 0.0144. The summed E-state index contributed by atoms with van der Waals surface area (Å²) in [7, 11) is 0. The Morgan fingerprint density at radius 1 is 1.43 bits per heavy atom. The zero-order valence-electron chi connectivity index (χ0n) is 7.77. The highest BCUT2D eigenvalue weighted by Gasteiger charge is 2.33. The molecule has 0 amide bonds. The van der Waals surface area contributed by atoms with Crippen LogP contribution in [-0.2, 0) is 0 Å². The lowest BCUT2D eigenvalue weighted by Crippen LogP contribution is -2.24. The van der Waals surface area contributed by atoms with Gasteiger partial charge in [0.05, 0.1) is 0 Å². The fraction of sp³-hybridized carbons (Fsp3) is 0.300. The molecule has 0 spiro atoms. The van der Waals surface area contributed by atoms with E-state index >= 15 is 0 Å². The maximum atomic E-state index is 12.7. The minimum Gasteiger partial charge on any atom is -0.287 e. The van der Waals surface area contributed by atoms with Crippen LogP contribution < -0.4 is 0 Å². The highest BCUT2D eigenvalue weighted by atomic mass is 35.5. The van der Waals surface area contributed by atoms with E-state index in [2.05, 4.69) is 0 Å². The molecule has 0 heterocycles. The van der Waals surface area contributed by atoms with Crippen molar-refractivity contribution in [3.8, 4) is 0 Å². The Labute approximate surface area is 85.7 Å². The summed E-state index contributed by atoms with van der Waals surface area (Å²) in [5.41, 5.74) is 0.598. The second-order valence-electron chi connectivity index (χ2n) is 3.18. The smallest absolute Gasteiger partial charge is 0.287 e. The number of halogens is 3. The normalized spacial score (nSPS) is 11.5. The second kappa shape index (κ2) is 3.65. The topological polar surface area (TPSA) is 17.1 Å². The summed E-state index contributed by atoms with van der Waals surface area (Å²) in [5, 5.41) is 0.459. The average molecular weight is 219 g/mol. The van der Waals surface area contributed by atoms with Gasteiger partial charge in [-0.05, 0) is 30.7 Å². The predicted molar refractivity (Wildman–Crippen MR) is 51.1 cm³/mol. The molecule has 0 aliphatic heterocycles. The van der Waals surface area contributed by atoms with Gasteiger partial charge in [-0.3, -0.25) is 4.79 Å². The van der Waals surface area contributed by atoms with E-state index in [9.17, 15) is 13.6 Å². The SMILES string of the molecule is Cc1cc(C(=O)C(C)(F)F)ccc1Cl. The Morgan fingerprint density at radius 3 is 2.43 bits per heavy atom. The highest BCUT2D eigenvalue weighted by Crippen LogP contribution is 2.22. The molecule has 0 aliphatic carbocycles. The first-order valence-electron chi connectivity index (χ1n) is 4.01. The van der Waals surface area contributed by atoms with Crippen molar-refractivity contribution in [2.24, 2.45) is 0 Å². The number of carbonyl (C=O) groups excluding carboxylic acids is 1. The quantitative estimate of drug-likeness (QED) is 0.695. The van der Waals surface area contributed by atoms with Crippen LogP contribution in [0.4, 0.5) is 8.78 Å². The van der Waals surface area contributed by atoms with Gasteiger partial charge in [-0.2, -0.15) is 8.78 Å². The molecule has 0 saturated carbocycles. The maximum Gasteiger partial charge on any atom is 0.307 e. The number of hydrogen-bond acceptors (Lipinski definition) is 1. The molecule has 14 heavy (non-hydrogen) atoms. The van der Waals surface area contributed by atoms with Crippen LogP contribution in [0.5, 0.6) is 0 Å². The number of ketones is 1. The number of Topliss-reactive ketones (excluding diaryl/α,β-unsaturated/α-hetero) is 1. The largest absolute Gasteiger partial charge is 0.307 e. The van der Waals surface area contributed by atoms with Gasteiger partial charge >= 0.3 is 5.92 Å². The van der Waals surface area contributed by atoms with Crippen LogP contribution in [0.25, 0.3) is 0 Å². The van der Waals surface area contributed by atoms with Gasteiger partial charge in [0.1, 0.15) is 0 Å². The molecular weight excluding hydrogens is 210 g/mol. The molecule has 0 N–H and O–H groups in total. The first kappa shape index (κ1) is 11.1. The van der Waals surface area contributed by atoms with Crippen molar-refractivity contribution in [3.63, 3.8) is 0 Å². The van der Waals surface area contributed by atoms with Gasteiger partial charge in [-0.15, -0.1) is 0 Å². The molecule has 0 radical (unpaired) electrons. The van der Waals surface area contributed by atoms with Gasteiger partial charge in [-0.25, -0.2) is 0 Å². The van der Waals surface area contributed by atoms with Crippen LogP contribution in [0.15, 0.2) is 18.2 Å². The lowest BCUT2D eigenvalue weighted by molar-refractivity contribution is 0.0221. The van der Waals surface area contributed by atoms with Crippen molar-refractivity contribution in [1.82, 2.24) is 0 Å². The fourth-order valence-electron chi connectivity index (χ4n) is 1.04. The van der Waals surface area contributed by atoms with Crippen molar-refractivity contribution in [2.45, 2.75) is 19.8 Å². The van der Waals surface area contributed by atoms with Gasteiger partial charge < -0.3 is 0 Å². The minimum atomic E-state index is -3.33. The summed E-state index contributed by atoms with van der Waals surface area (Å²) in [6.45, 7) is 2.24. The summed E-state index contributed by atoms with van der Waals surface area (Å²) in [6.07, 6.45) is 0. The average Bonchev–Trinajstić information content (AvgIpc) is 2.07. The third-order valence-electron chi connectivity index (χ3n) is 1.82. The van der Waals surface area contributed by atoms with Gasteiger partial charge in [-0.1, -0.05) is 11.6 Å². The summed E-state index contributed by atoms with van der Waals surface area (Å²) < 4.78 is 25.3. The number of hydrogen-bond donors (Lipinski definition) is 0. The Hall–Kier alpha value is -0.960. The van der Waals surface area contributed by atoms with E-state index in [1.165, 1.54) is 18.2 Å². The Balaban J connectivity index is 3.10. The summed E-state index contributed by atoms with van der Waals surface area (Å²) in [5.74, 6) is -4.52. The van der Waals surface area contributed by atoms with Crippen LogP contribution in [0, 0.1) is 6.92 Å². The van der Waals surface area contributed by atoms with E-state index in [1.807, 2.05) is 0 Å². The third-order valence-corrected chi connectivity index (χ3v) is 2.24. The fourth-order valence-corrected chi connectivity index (χ4v) is 1.16. The van der Waals surface area contributed by atoms with Crippen molar-refractivity contribution < 1.29 is 13.6 Å². The van der Waals surface area contributed by atoms with E-state index in [1.54, 1.807) is 6.92 Å². The molecule has 76 valence electrons. The van der Waals surface area contributed by atoms with E-state index in [-0.39, 0.29) is 5.56 Å². The van der Waals surface area contributed by atoms with E-state index in [4.69, 9.17) is 11.6 Å². The predicted octanol–water partition coefficient (Wildman–Crippen LogP) is 3.49. The maximum absolute atomic E-state index is 12.7. The van der Waals surface area contributed by atoms with Crippen molar-refractivity contribution in [2.75, 3.05) is 0 Å². The van der Waals surface area contributed by atoms with Crippen LogP contribution in [0.2, 0.25) is 5.02 Å². The van der Waals surface area contributed by atoms with Crippen molar-refractivity contribution in [3.05, 3.63) is 34.3 Å². The Kier molecular flexibility index (Phi) is 2.90. The molecule has 1 aromatic rings. The zero-order chi connectivity index (χ0) is 10.9. The van der Waals surface area contributed by atoms with Gasteiger partial charge in [0.25, 0.3) is 0 Å². The molecule has 0 fully saturated rings. The van der Waals surface area contributed by atoms with E-state index < -0.39 is 11.7 Å². The van der Waals surface area contributed by atoms with Gasteiger partial charge in [0.15, 0.2) is 0 Å². The molecule has 1 nitrogen and oxygen atoms in total. The lowest BCUT2D eigenvalue weighted by Gasteiger charge is -2.09. The molecule has 0 saturated heterocycles. The molecule has 0 aromatic heterocycles. The molecule has 4 heteroatoms. The second-order valence-corrected chi connectivity index (χ2v) is 3.59. The van der Waals surface area contributed by atoms with Crippen molar-refractivity contribution >= 4 is 17.4 Å². The molecule has 0 atom stereocenters.